The Kier molecular flexibility index (Phi) is 4.70. The lowest BCUT2D eigenvalue weighted by atomic mass is 10.0. The highest BCUT2D eigenvalue weighted by atomic mass is 79.9. The van der Waals surface area contributed by atoms with E-state index in [2.05, 4.69) is 52.4 Å². The van der Waals surface area contributed by atoms with E-state index < -0.39 is 0 Å². The SMILES string of the molecule is Brc1cccc(-c2nc(C3=CCCC=C3)nc(C3=CC=CCC3)n2)c1. The van der Waals surface area contributed by atoms with Gasteiger partial charge in [0.25, 0.3) is 0 Å². The van der Waals surface area contributed by atoms with Crippen LogP contribution in [0.15, 0.2) is 65.2 Å². The van der Waals surface area contributed by atoms with Crippen LogP contribution in [0.25, 0.3) is 22.5 Å². The normalized spacial score (nSPS) is 16.5. The number of hydrogen-bond acceptors (Lipinski definition) is 3. The quantitative estimate of drug-likeness (QED) is 0.666. The zero-order chi connectivity index (χ0) is 17.1. The highest BCUT2D eigenvalue weighted by Gasteiger charge is 2.15. The van der Waals surface area contributed by atoms with Gasteiger partial charge in [-0.15, -0.1) is 0 Å². The Morgan fingerprint density at radius 2 is 1.76 bits per heavy atom. The molecule has 0 N–H and O–H groups in total. The van der Waals surface area contributed by atoms with Gasteiger partial charge in [-0.1, -0.05) is 64.5 Å². The lowest BCUT2D eigenvalue weighted by molar-refractivity contribution is 0.952. The van der Waals surface area contributed by atoms with E-state index in [1.165, 1.54) is 5.57 Å². The molecule has 0 fully saturated rings. The fraction of sp³-hybridized carbons (Fsp3) is 0.190. The number of hydrogen-bond donors (Lipinski definition) is 0. The van der Waals surface area contributed by atoms with E-state index in [1.807, 2.05) is 24.3 Å². The topological polar surface area (TPSA) is 38.7 Å². The van der Waals surface area contributed by atoms with E-state index in [1.54, 1.807) is 0 Å². The first-order valence-corrected chi connectivity index (χ1v) is 9.34. The van der Waals surface area contributed by atoms with Crippen LogP contribution >= 0.6 is 15.9 Å². The summed E-state index contributed by atoms with van der Waals surface area (Å²) in [6, 6.07) is 8.09. The molecule has 0 saturated carbocycles. The molecule has 2 aliphatic carbocycles. The predicted molar refractivity (Wildman–Crippen MR) is 106 cm³/mol. The minimum absolute atomic E-state index is 0.719. The molecule has 4 rings (SSSR count). The summed E-state index contributed by atoms with van der Waals surface area (Å²) < 4.78 is 1.02. The summed E-state index contributed by atoms with van der Waals surface area (Å²) in [5.41, 5.74) is 3.24. The van der Waals surface area contributed by atoms with Crippen molar-refractivity contribution < 1.29 is 0 Å². The monoisotopic (exact) mass is 391 g/mol. The van der Waals surface area contributed by atoms with E-state index in [-0.39, 0.29) is 0 Å². The van der Waals surface area contributed by atoms with Crippen LogP contribution in [0.2, 0.25) is 0 Å². The molecule has 0 radical (unpaired) electrons. The molecule has 0 bridgehead atoms. The second kappa shape index (κ2) is 7.28. The molecule has 3 nitrogen and oxygen atoms in total. The van der Waals surface area contributed by atoms with Gasteiger partial charge in [0, 0.05) is 15.6 Å². The zero-order valence-corrected chi connectivity index (χ0v) is 15.4. The van der Waals surface area contributed by atoms with Gasteiger partial charge in [0.1, 0.15) is 0 Å². The molecule has 1 aromatic heterocycles. The molecule has 0 saturated heterocycles. The van der Waals surface area contributed by atoms with Gasteiger partial charge in [-0.2, -0.15) is 0 Å². The molecule has 0 spiro atoms. The molecule has 2 aliphatic rings. The van der Waals surface area contributed by atoms with Crippen molar-refractivity contribution in [2.24, 2.45) is 0 Å². The average molecular weight is 392 g/mol. The Labute approximate surface area is 156 Å². The number of halogens is 1. The Morgan fingerprint density at radius 3 is 2.52 bits per heavy atom. The summed E-state index contributed by atoms with van der Waals surface area (Å²) >= 11 is 3.54. The van der Waals surface area contributed by atoms with Crippen LogP contribution in [0.3, 0.4) is 0 Å². The minimum Gasteiger partial charge on any atom is -0.209 e. The van der Waals surface area contributed by atoms with Crippen LogP contribution in [-0.4, -0.2) is 15.0 Å². The van der Waals surface area contributed by atoms with Crippen molar-refractivity contribution in [1.29, 1.82) is 0 Å². The Hall–Kier alpha value is -2.33. The molecule has 4 heteroatoms. The maximum Gasteiger partial charge on any atom is 0.164 e. The lowest BCUT2D eigenvalue weighted by Crippen LogP contribution is -2.06. The standard InChI is InChI=1S/C21H18BrN3/c22-18-13-7-12-17(14-18)21-24-19(15-8-3-1-4-9-15)23-20(25-21)16-10-5-2-6-11-16/h1,3,5,7-8,10-14H,2,4,6,9H2. The zero-order valence-electron chi connectivity index (χ0n) is 13.8. The van der Waals surface area contributed by atoms with Crippen molar-refractivity contribution in [3.63, 3.8) is 0 Å². The van der Waals surface area contributed by atoms with Crippen molar-refractivity contribution in [3.05, 3.63) is 76.8 Å². The molecule has 2 aromatic rings. The summed E-state index contributed by atoms with van der Waals surface area (Å²) in [5, 5.41) is 0. The number of allylic oxidation sites excluding steroid dienone is 8. The van der Waals surface area contributed by atoms with E-state index >= 15 is 0 Å². The fourth-order valence-corrected chi connectivity index (χ4v) is 3.37. The van der Waals surface area contributed by atoms with Gasteiger partial charge in [0.15, 0.2) is 17.5 Å². The Balaban J connectivity index is 1.85. The summed E-state index contributed by atoms with van der Waals surface area (Å²) in [5.74, 6) is 2.26. The third-order valence-corrected chi connectivity index (χ3v) is 4.77. The largest absolute Gasteiger partial charge is 0.209 e. The highest BCUT2D eigenvalue weighted by molar-refractivity contribution is 9.10. The van der Waals surface area contributed by atoms with E-state index in [0.29, 0.717) is 0 Å². The molecule has 0 amide bonds. The molecule has 1 aromatic carbocycles. The second-order valence-corrected chi connectivity index (χ2v) is 7.03. The fourth-order valence-electron chi connectivity index (χ4n) is 2.97. The number of rotatable bonds is 3. The molecule has 0 unspecified atom stereocenters. The Morgan fingerprint density at radius 1 is 0.880 bits per heavy atom. The van der Waals surface area contributed by atoms with Gasteiger partial charge in [-0.05, 0) is 43.4 Å². The van der Waals surface area contributed by atoms with Crippen LogP contribution in [0.5, 0.6) is 0 Å². The van der Waals surface area contributed by atoms with Crippen LogP contribution in [0.4, 0.5) is 0 Å². The molecular formula is C21H18BrN3. The second-order valence-electron chi connectivity index (χ2n) is 6.11. The van der Waals surface area contributed by atoms with Gasteiger partial charge >= 0.3 is 0 Å². The van der Waals surface area contributed by atoms with E-state index in [9.17, 15) is 0 Å². The first-order valence-electron chi connectivity index (χ1n) is 8.55. The van der Waals surface area contributed by atoms with Gasteiger partial charge in [-0.3, -0.25) is 0 Å². The van der Waals surface area contributed by atoms with Crippen molar-refractivity contribution in [2.75, 3.05) is 0 Å². The van der Waals surface area contributed by atoms with Crippen molar-refractivity contribution >= 4 is 27.1 Å². The summed E-state index contributed by atoms with van der Waals surface area (Å²) in [6.07, 6.45) is 17.0. The minimum atomic E-state index is 0.719. The molecule has 124 valence electrons. The summed E-state index contributed by atoms with van der Waals surface area (Å²) in [6.45, 7) is 0. The maximum atomic E-state index is 4.77. The molecule has 1 heterocycles. The van der Waals surface area contributed by atoms with Crippen LogP contribution < -0.4 is 0 Å². The number of benzene rings is 1. The summed E-state index contributed by atoms with van der Waals surface area (Å²) in [4.78, 5) is 14.3. The molecular weight excluding hydrogens is 374 g/mol. The van der Waals surface area contributed by atoms with Gasteiger partial charge < -0.3 is 0 Å². The maximum absolute atomic E-state index is 4.77. The van der Waals surface area contributed by atoms with Crippen molar-refractivity contribution in [1.82, 2.24) is 15.0 Å². The smallest absolute Gasteiger partial charge is 0.164 e. The van der Waals surface area contributed by atoms with Crippen molar-refractivity contribution in [3.8, 4) is 11.4 Å². The van der Waals surface area contributed by atoms with E-state index in [0.717, 1.165) is 58.8 Å². The number of nitrogens with zero attached hydrogens (tertiary/aromatic N) is 3. The van der Waals surface area contributed by atoms with Crippen molar-refractivity contribution in [2.45, 2.75) is 25.7 Å². The van der Waals surface area contributed by atoms with E-state index in [4.69, 9.17) is 15.0 Å². The van der Waals surface area contributed by atoms with Gasteiger partial charge in [0.2, 0.25) is 0 Å². The first-order chi connectivity index (χ1) is 12.3. The van der Waals surface area contributed by atoms with Gasteiger partial charge in [-0.25, -0.2) is 15.0 Å². The third-order valence-electron chi connectivity index (χ3n) is 4.27. The average Bonchev–Trinajstić information content (AvgIpc) is 2.69. The van der Waals surface area contributed by atoms with Gasteiger partial charge in [0.05, 0.1) is 0 Å². The van der Waals surface area contributed by atoms with Crippen LogP contribution in [0, 0.1) is 0 Å². The first kappa shape index (κ1) is 16.2. The van der Waals surface area contributed by atoms with Crippen LogP contribution in [0.1, 0.15) is 37.3 Å². The lowest BCUT2D eigenvalue weighted by Gasteiger charge is -2.13. The Bertz CT molecular complexity index is 922. The number of aromatic nitrogens is 3. The third kappa shape index (κ3) is 3.69. The highest BCUT2D eigenvalue weighted by Crippen LogP contribution is 2.27. The molecule has 25 heavy (non-hydrogen) atoms. The molecule has 0 aliphatic heterocycles. The molecule has 0 atom stereocenters. The predicted octanol–water partition coefficient (Wildman–Crippen LogP) is 5.77. The van der Waals surface area contributed by atoms with Crippen LogP contribution in [-0.2, 0) is 0 Å². The summed E-state index contributed by atoms with van der Waals surface area (Å²) in [7, 11) is 0.